The fraction of sp³-hybridized carbons (Fsp3) is 0.400. The van der Waals surface area contributed by atoms with Gasteiger partial charge in [-0.05, 0) is 26.0 Å². The lowest BCUT2D eigenvalue weighted by atomic mass is 9.85. The van der Waals surface area contributed by atoms with E-state index >= 15 is 0 Å². The summed E-state index contributed by atoms with van der Waals surface area (Å²) in [4.78, 5) is 37.3. The van der Waals surface area contributed by atoms with Gasteiger partial charge in [0, 0.05) is 30.9 Å². The predicted molar refractivity (Wildman–Crippen MR) is 107 cm³/mol. The van der Waals surface area contributed by atoms with Gasteiger partial charge in [0.15, 0.2) is 16.9 Å². The number of anilines is 1. The number of hydrogen-bond donors (Lipinski definition) is 1. The Morgan fingerprint density at radius 1 is 1.24 bits per heavy atom. The molecule has 3 aromatic rings. The highest BCUT2D eigenvalue weighted by Crippen LogP contribution is 2.40. The summed E-state index contributed by atoms with van der Waals surface area (Å²) in [6, 6.07) is 3.05. The molecular formula is C20H17F5N6O3. The molecule has 4 rings (SSSR count). The van der Waals surface area contributed by atoms with Crippen LogP contribution in [0.5, 0.6) is 0 Å². The van der Waals surface area contributed by atoms with Crippen LogP contribution < -0.4 is 5.32 Å². The summed E-state index contributed by atoms with van der Waals surface area (Å²) < 4.78 is 70.5. The number of hydrogen-bond acceptors (Lipinski definition) is 7. The highest BCUT2D eigenvalue weighted by atomic mass is 19.4. The van der Waals surface area contributed by atoms with Crippen molar-refractivity contribution in [3.63, 3.8) is 0 Å². The Labute approximate surface area is 188 Å². The number of ether oxygens (including phenoxy) is 1. The van der Waals surface area contributed by atoms with E-state index < -0.39 is 42.4 Å². The number of nitrogens with zero attached hydrogens (tertiary/aromatic N) is 5. The van der Waals surface area contributed by atoms with Gasteiger partial charge in [-0.3, -0.25) is 9.59 Å². The van der Waals surface area contributed by atoms with E-state index in [2.05, 4.69) is 25.4 Å². The lowest BCUT2D eigenvalue weighted by Gasteiger charge is -2.19. The van der Waals surface area contributed by atoms with Crippen LogP contribution in [-0.2, 0) is 26.3 Å². The van der Waals surface area contributed by atoms with E-state index in [0.29, 0.717) is 5.39 Å². The number of rotatable bonds is 6. The smallest absolute Gasteiger partial charge is 0.453 e. The Morgan fingerprint density at radius 2 is 1.97 bits per heavy atom. The van der Waals surface area contributed by atoms with E-state index in [1.807, 2.05) is 0 Å². The third kappa shape index (κ3) is 3.62. The summed E-state index contributed by atoms with van der Waals surface area (Å²) in [5, 5.41) is 6.90. The number of aromatic nitrogens is 5. The molecule has 9 nitrogen and oxygen atoms in total. The molecule has 0 spiro atoms. The van der Waals surface area contributed by atoms with Crippen LogP contribution >= 0.6 is 0 Å². The van der Waals surface area contributed by atoms with E-state index in [-0.39, 0.29) is 35.2 Å². The molecular weight excluding hydrogens is 467 g/mol. The van der Waals surface area contributed by atoms with E-state index in [9.17, 15) is 31.5 Å². The minimum absolute atomic E-state index is 0.0285. The van der Waals surface area contributed by atoms with Crippen LogP contribution in [0.1, 0.15) is 25.8 Å². The largest absolute Gasteiger partial charge is 0.465 e. The molecule has 1 unspecified atom stereocenters. The van der Waals surface area contributed by atoms with E-state index in [1.54, 1.807) is 6.92 Å². The van der Waals surface area contributed by atoms with Crippen molar-refractivity contribution in [2.75, 3.05) is 11.9 Å². The number of pyridine rings is 1. The van der Waals surface area contributed by atoms with Crippen molar-refractivity contribution in [2.45, 2.75) is 44.3 Å². The quantitative estimate of drug-likeness (QED) is 0.325. The average Bonchev–Trinajstić information content (AvgIpc) is 3.27. The van der Waals surface area contributed by atoms with Gasteiger partial charge < -0.3 is 10.1 Å². The third-order valence-corrected chi connectivity index (χ3v) is 5.47. The molecule has 3 aromatic heterocycles. The number of carbonyl (C=O) groups excluding carboxylic acids is 2. The monoisotopic (exact) mass is 484 g/mol. The van der Waals surface area contributed by atoms with Crippen molar-refractivity contribution in [3.8, 4) is 11.5 Å². The van der Waals surface area contributed by atoms with Crippen molar-refractivity contribution in [2.24, 2.45) is 0 Å². The number of fused-ring (bicyclic) bond motifs is 2. The average molecular weight is 484 g/mol. The molecule has 0 radical (unpaired) electrons. The highest BCUT2D eigenvalue weighted by Gasteiger charge is 2.57. The van der Waals surface area contributed by atoms with Crippen LogP contribution in [0.4, 0.5) is 27.8 Å². The molecule has 1 aliphatic heterocycles. The molecule has 0 saturated heterocycles. The van der Waals surface area contributed by atoms with Gasteiger partial charge in [0.05, 0.1) is 12.0 Å². The second kappa shape index (κ2) is 7.95. The Bertz CT molecular complexity index is 1290. The van der Waals surface area contributed by atoms with E-state index in [1.165, 1.54) is 31.5 Å². The molecule has 0 aliphatic carbocycles. The van der Waals surface area contributed by atoms with E-state index in [0.717, 1.165) is 4.68 Å². The Morgan fingerprint density at radius 3 is 2.65 bits per heavy atom. The molecule has 1 N–H and O–H groups in total. The van der Waals surface area contributed by atoms with Crippen LogP contribution in [0.2, 0.25) is 0 Å². The maximum Gasteiger partial charge on any atom is 0.453 e. The Kier molecular flexibility index (Phi) is 5.49. The first-order valence-corrected chi connectivity index (χ1v) is 10.0. The molecule has 180 valence electrons. The molecule has 1 aliphatic rings. The molecule has 0 fully saturated rings. The van der Waals surface area contributed by atoms with Gasteiger partial charge in [-0.1, -0.05) is 0 Å². The van der Waals surface area contributed by atoms with Gasteiger partial charge in [-0.15, -0.1) is 0 Å². The molecule has 0 aromatic carbocycles. The molecule has 34 heavy (non-hydrogen) atoms. The first kappa shape index (κ1) is 23.4. The standard InChI is InChI=1S/C20H17F5N6O3/c1-3-34-17(33)18(2)11-9-27-14(28-13(11)29-16(18)32)12-10-5-4-7-26-15(10)31(30-12)8-6-19(21,22)20(23,24)25/h4-5,7,9H,3,6,8H2,1-2H3,(H,27,28,29,32). The first-order chi connectivity index (χ1) is 15.9. The van der Waals surface area contributed by atoms with Crippen LogP contribution in [0.15, 0.2) is 24.5 Å². The fourth-order valence-electron chi connectivity index (χ4n) is 3.51. The second-order valence-corrected chi connectivity index (χ2v) is 7.65. The minimum Gasteiger partial charge on any atom is -0.465 e. The van der Waals surface area contributed by atoms with Gasteiger partial charge in [-0.2, -0.15) is 27.1 Å². The number of alkyl halides is 5. The summed E-state index contributed by atoms with van der Waals surface area (Å²) in [6.45, 7) is 2.24. The Hall–Kier alpha value is -3.71. The minimum atomic E-state index is -5.70. The van der Waals surface area contributed by atoms with Gasteiger partial charge in [-0.25, -0.2) is 19.6 Å². The normalized spacial score (nSPS) is 18.1. The number of aryl methyl sites for hydroxylation is 1. The molecule has 1 atom stereocenters. The van der Waals surface area contributed by atoms with Crippen molar-refractivity contribution >= 4 is 28.7 Å². The van der Waals surface area contributed by atoms with Gasteiger partial charge >= 0.3 is 18.1 Å². The second-order valence-electron chi connectivity index (χ2n) is 7.65. The van der Waals surface area contributed by atoms with Crippen molar-refractivity contribution in [1.29, 1.82) is 0 Å². The van der Waals surface area contributed by atoms with E-state index in [4.69, 9.17) is 4.74 Å². The summed E-state index contributed by atoms with van der Waals surface area (Å²) in [5.74, 6) is -6.38. The number of nitrogens with one attached hydrogen (secondary N) is 1. The predicted octanol–water partition coefficient (Wildman–Crippen LogP) is 3.25. The van der Waals surface area contributed by atoms with Crippen LogP contribution in [-0.4, -0.2) is 55.3 Å². The van der Waals surface area contributed by atoms with Crippen molar-refractivity contribution in [3.05, 3.63) is 30.1 Å². The van der Waals surface area contributed by atoms with Gasteiger partial charge in [0.2, 0.25) is 5.91 Å². The topological polar surface area (TPSA) is 112 Å². The Balaban J connectivity index is 1.73. The lowest BCUT2D eigenvalue weighted by molar-refractivity contribution is -0.285. The van der Waals surface area contributed by atoms with Gasteiger partial charge in [0.25, 0.3) is 0 Å². The maximum absolute atomic E-state index is 13.4. The summed E-state index contributed by atoms with van der Waals surface area (Å²) >= 11 is 0. The molecule has 0 bridgehead atoms. The SMILES string of the molecule is CCOC(=O)C1(C)C(=O)Nc2nc(-c3nn(CCC(F)(F)C(F)(F)F)c4ncccc34)ncc21. The molecule has 0 saturated carbocycles. The van der Waals surface area contributed by atoms with Crippen LogP contribution in [0.25, 0.3) is 22.6 Å². The lowest BCUT2D eigenvalue weighted by Crippen LogP contribution is -2.40. The van der Waals surface area contributed by atoms with Crippen molar-refractivity contribution < 1.29 is 36.3 Å². The van der Waals surface area contributed by atoms with Crippen LogP contribution in [0, 0.1) is 0 Å². The number of esters is 1. The summed E-state index contributed by atoms with van der Waals surface area (Å²) in [7, 11) is 0. The van der Waals surface area contributed by atoms with Crippen LogP contribution in [0.3, 0.4) is 0 Å². The fourth-order valence-corrected chi connectivity index (χ4v) is 3.51. The number of carbonyl (C=O) groups is 2. The molecule has 4 heterocycles. The third-order valence-electron chi connectivity index (χ3n) is 5.47. The summed E-state index contributed by atoms with van der Waals surface area (Å²) in [5.41, 5.74) is -1.39. The summed E-state index contributed by atoms with van der Waals surface area (Å²) in [6.07, 6.45) is -4.66. The van der Waals surface area contributed by atoms with Gasteiger partial charge in [0.1, 0.15) is 11.5 Å². The number of amides is 1. The zero-order chi connectivity index (χ0) is 24.9. The molecule has 14 heteroatoms. The highest BCUT2D eigenvalue weighted by molar-refractivity contribution is 6.18. The molecule has 1 amide bonds. The number of halogens is 5. The maximum atomic E-state index is 13.4. The zero-order valence-electron chi connectivity index (χ0n) is 17.8. The zero-order valence-corrected chi connectivity index (χ0v) is 17.8. The van der Waals surface area contributed by atoms with Crippen molar-refractivity contribution in [1.82, 2.24) is 24.7 Å². The first-order valence-electron chi connectivity index (χ1n) is 10.0.